The predicted octanol–water partition coefficient (Wildman–Crippen LogP) is 3.37. The van der Waals surface area contributed by atoms with Crippen LogP contribution in [0, 0.1) is 6.92 Å². The van der Waals surface area contributed by atoms with Crippen molar-refractivity contribution in [3.05, 3.63) is 65.7 Å². The Bertz CT molecular complexity index is 773. The van der Waals surface area contributed by atoms with E-state index in [0.717, 1.165) is 37.8 Å². The van der Waals surface area contributed by atoms with E-state index in [-0.39, 0.29) is 12.1 Å². The average Bonchev–Trinajstić information content (AvgIpc) is 2.62. The van der Waals surface area contributed by atoms with Gasteiger partial charge in [0, 0.05) is 18.6 Å². The Labute approximate surface area is 150 Å². The summed E-state index contributed by atoms with van der Waals surface area (Å²) < 4.78 is 28.3. The number of rotatable bonds is 6. The van der Waals surface area contributed by atoms with Gasteiger partial charge in [0.1, 0.15) is 0 Å². The van der Waals surface area contributed by atoms with E-state index in [0.29, 0.717) is 4.90 Å². The summed E-state index contributed by atoms with van der Waals surface area (Å²) in [5.74, 6) is 0. The lowest BCUT2D eigenvalue weighted by atomic mass is 9.91. The fraction of sp³-hybridized carbons (Fsp3) is 0.400. The Kier molecular flexibility index (Phi) is 5.89. The van der Waals surface area contributed by atoms with Gasteiger partial charge in [0.2, 0.25) is 10.0 Å². The summed E-state index contributed by atoms with van der Waals surface area (Å²) in [4.78, 5) is 0.338. The van der Waals surface area contributed by atoms with Crippen LogP contribution in [0.2, 0.25) is 0 Å². The smallest absolute Gasteiger partial charge is 0.240 e. The highest BCUT2D eigenvalue weighted by Gasteiger charge is 2.29. The average molecular weight is 359 g/mol. The zero-order valence-electron chi connectivity index (χ0n) is 14.6. The third kappa shape index (κ3) is 4.91. The standard InChI is InChI=1S/C20H26N2O2S/c1-16-11-13-18(14-12-16)25(23,24)22-20-10-6-5-9-19(20)21-15-17-7-3-2-4-8-17/h2-4,7-8,11-14,19-22H,5-6,9-10,15H2,1H3/t19-,20-/m0/s1. The van der Waals surface area contributed by atoms with E-state index in [4.69, 9.17) is 0 Å². The Hall–Kier alpha value is -1.69. The van der Waals surface area contributed by atoms with E-state index in [9.17, 15) is 8.42 Å². The predicted molar refractivity (Wildman–Crippen MR) is 101 cm³/mol. The van der Waals surface area contributed by atoms with E-state index in [1.165, 1.54) is 5.56 Å². The van der Waals surface area contributed by atoms with E-state index < -0.39 is 10.0 Å². The van der Waals surface area contributed by atoms with Crippen molar-refractivity contribution in [1.29, 1.82) is 0 Å². The molecule has 25 heavy (non-hydrogen) atoms. The normalized spacial score (nSPS) is 21.2. The highest BCUT2D eigenvalue weighted by atomic mass is 32.2. The molecule has 0 radical (unpaired) electrons. The van der Waals surface area contributed by atoms with Crippen molar-refractivity contribution < 1.29 is 8.42 Å². The molecule has 3 rings (SSSR count). The Morgan fingerprint density at radius 1 is 0.920 bits per heavy atom. The van der Waals surface area contributed by atoms with Crippen LogP contribution in [0.1, 0.15) is 36.8 Å². The molecule has 2 N–H and O–H groups in total. The minimum atomic E-state index is -3.48. The number of sulfonamides is 1. The quantitative estimate of drug-likeness (QED) is 0.832. The first-order valence-electron chi connectivity index (χ1n) is 8.91. The summed E-state index contributed by atoms with van der Waals surface area (Å²) in [5.41, 5.74) is 2.27. The molecule has 2 atom stereocenters. The lowest BCUT2D eigenvalue weighted by Crippen LogP contribution is -2.51. The Morgan fingerprint density at radius 3 is 2.24 bits per heavy atom. The van der Waals surface area contributed by atoms with E-state index in [1.807, 2.05) is 37.3 Å². The van der Waals surface area contributed by atoms with Gasteiger partial charge in [-0.05, 0) is 37.5 Å². The molecular formula is C20H26N2O2S. The van der Waals surface area contributed by atoms with Crippen LogP contribution in [-0.4, -0.2) is 20.5 Å². The molecule has 134 valence electrons. The topological polar surface area (TPSA) is 58.2 Å². The maximum Gasteiger partial charge on any atom is 0.240 e. The second-order valence-electron chi connectivity index (χ2n) is 6.80. The van der Waals surface area contributed by atoms with Crippen molar-refractivity contribution in [3.8, 4) is 0 Å². The van der Waals surface area contributed by atoms with Crippen molar-refractivity contribution in [2.75, 3.05) is 0 Å². The first-order chi connectivity index (χ1) is 12.0. The maximum atomic E-state index is 12.7. The van der Waals surface area contributed by atoms with Crippen molar-refractivity contribution >= 4 is 10.0 Å². The van der Waals surface area contributed by atoms with Gasteiger partial charge in [0.05, 0.1) is 4.90 Å². The first kappa shape index (κ1) is 18.1. The monoisotopic (exact) mass is 358 g/mol. The van der Waals surface area contributed by atoms with Gasteiger partial charge in [-0.2, -0.15) is 0 Å². The molecule has 0 spiro atoms. The Morgan fingerprint density at radius 2 is 1.56 bits per heavy atom. The SMILES string of the molecule is Cc1ccc(S(=O)(=O)N[C@H]2CCCC[C@@H]2NCc2ccccc2)cc1. The fourth-order valence-electron chi connectivity index (χ4n) is 3.35. The molecule has 0 amide bonds. The molecule has 0 aliphatic heterocycles. The largest absolute Gasteiger partial charge is 0.308 e. The van der Waals surface area contributed by atoms with Crippen molar-refractivity contribution in [2.24, 2.45) is 0 Å². The molecule has 4 nitrogen and oxygen atoms in total. The van der Waals surface area contributed by atoms with Gasteiger partial charge in [-0.25, -0.2) is 13.1 Å². The third-order valence-electron chi connectivity index (χ3n) is 4.81. The molecular weight excluding hydrogens is 332 g/mol. The molecule has 1 aliphatic rings. The molecule has 0 aromatic heterocycles. The van der Waals surface area contributed by atoms with Gasteiger partial charge in [-0.15, -0.1) is 0 Å². The van der Waals surface area contributed by atoms with Crippen LogP contribution in [0.3, 0.4) is 0 Å². The van der Waals surface area contributed by atoms with E-state index in [1.54, 1.807) is 12.1 Å². The molecule has 0 unspecified atom stereocenters. The van der Waals surface area contributed by atoms with Crippen LogP contribution >= 0.6 is 0 Å². The van der Waals surface area contributed by atoms with Crippen molar-refractivity contribution in [1.82, 2.24) is 10.0 Å². The van der Waals surface area contributed by atoms with Crippen LogP contribution < -0.4 is 10.0 Å². The molecule has 0 bridgehead atoms. The van der Waals surface area contributed by atoms with Gasteiger partial charge in [0.15, 0.2) is 0 Å². The van der Waals surface area contributed by atoms with Gasteiger partial charge < -0.3 is 5.32 Å². The van der Waals surface area contributed by atoms with Gasteiger partial charge in [-0.3, -0.25) is 0 Å². The van der Waals surface area contributed by atoms with Gasteiger partial charge in [-0.1, -0.05) is 60.9 Å². The zero-order valence-corrected chi connectivity index (χ0v) is 15.4. The van der Waals surface area contributed by atoms with Crippen LogP contribution in [-0.2, 0) is 16.6 Å². The molecule has 1 aliphatic carbocycles. The minimum Gasteiger partial charge on any atom is -0.308 e. The second kappa shape index (κ2) is 8.13. The van der Waals surface area contributed by atoms with E-state index in [2.05, 4.69) is 22.2 Å². The Balaban J connectivity index is 1.67. The number of hydrogen-bond donors (Lipinski definition) is 2. The summed E-state index contributed by atoms with van der Waals surface area (Å²) in [6.07, 6.45) is 4.06. The highest BCUT2D eigenvalue weighted by molar-refractivity contribution is 7.89. The van der Waals surface area contributed by atoms with Gasteiger partial charge in [0.25, 0.3) is 0 Å². The summed E-state index contributed by atoms with van der Waals surface area (Å²) in [6, 6.07) is 17.3. The first-order valence-corrected chi connectivity index (χ1v) is 10.4. The van der Waals surface area contributed by atoms with E-state index >= 15 is 0 Å². The summed E-state index contributed by atoms with van der Waals surface area (Å²) >= 11 is 0. The molecule has 1 fully saturated rings. The number of hydrogen-bond acceptors (Lipinski definition) is 3. The number of nitrogens with one attached hydrogen (secondary N) is 2. The summed E-state index contributed by atoms with van der Waals surface area (Å²) in [5, 5.41) is 3.54. The molecule has 2 aromatic carbocycles. The van der Waals surface area contributed by atoms with Crippen LogP contribution in [0.15, 0.2) is 59.5 Å². The molecule has 1 saturated carbocycles. The lowest BCUT2D eigenvalue weighted by Gasteiger charge is -2.32. The van der Waals surface area contributed by atoms with Crippen LogP contribution in [0.5, 0.6) is 0 Å². The molecule has 5 heteroatoms. The number of aryl methyl sites for hydroxylation is 1. The van der Waals surface area contributed by atoms with Crippen LogP contribution in [0.25, 0.3) is 0 Å². The highest BCUT2D eigenvalue weighted by Crippen LogP contribution is 2.21. The van der Waals surface area contributed by atoms with Gasteiger partial charge >= 0.3 is 0 Å². The summed E-state index contributed by atoms with van der Waals surface area (Å²) in [7, 11) is -3.48. The zero-order chi connectivity index (χ0) is 17.7. The van der Waals surface area contributed by atoms with Crippen molar-refractivity contribution in [2.45, 2.75) is 56.1 Å². The second-order valence-corrected chi connectivity index (χ2v) is 8.51. The van der Waals surface area contributed by atoms with Crippen LogP contribution in [0.4, 0.5) is 0 Å². The summed E-state index contributed by atoms with van der Waals surface area (Å²) in [6.45, 7) is 2.71. The van der Waals surface area contributed by atoms with Crippen molar-refractivity contribution in [3.63, 3.8) is 0 Å². The third-order valence-corrected chi connectivity index (χ3v) is 6.32. The molecule has 0 heterocycles. The molecule has 2 aromatic rings. The maximum absolute atomic E-state index is 12.7. The number of benzene rings is 2. The fourth-order valence-corrected chi connectivity index (χ4v) is 4.66. The molecule has 0 saturated heterocycles. The minimum absolute atomic E-state index is 0.0660. The lowest BCUT2D eigenvalue weighted by molar-refractivity contribution is 0.309.